The molecule has 4 heteroatoms. The Balaban J connectivity index is 1.98. The van der Waals surface area contributed by atoms with Gasteiger partial charge in [0.05, 0.1) is 6.57 Å². The Morgan fingerprint density at radius 3 is 2.78 bits per heavy atom. The second-order valence-electron chi connectivity index (χ2n) is 4.57. The minimum absolute atomic E-state index is 0.0630. The third-order valence-electron chi connectivity index (χ3n) is 3.36. The lowest BCUT2D eigenvalue weighted by molar-refractivity contribution is 0.0788. The maximum Gasteiger partial charge on any atom is 0.270 e. The monoisotopic (exact) mass is 239 g/mol. The molecule has 0 aliphatic carbocycles. The number of H-pyrrole nitrogens is 1. The van der Waals surface area contributed by atoms with Crippen LogP contribution in [0.25, 0.3) is 15.7 Å². The maximum absolute atomic E-state index is 12.2. The molecule has 1 N–H and O–H groups in total. The number of rotatable bonds is 1. The summed E-state index contributed by atoms with van der Waals surface area (Å²) in [6.45, 7) is 8.68. The van der Waals surface area contributed by atoms with Crippen LogP contribution in [0.1, 0.15) is 23.3 Å². The largest absolute Gasteiger partial charge is 0.352 e. The molecular weight excluding hydrogens is 226 g/mol. The lowest BCUT2D eigenvalue weighted by atomic mass is 10.2. The van der Waals surface area contributed by atoms with Crippen molar-refractivity contribution in [2.75, 3.05) is 13.1 Å². The Morgan fingerprint density at radius 1 is 1.28 bits per heavy atom. The van der Waals surface area contributed by atoms with Gasteiger partial charge < -0.3 is 9.88 Å². The molecule has 1 aliphatic heterocycles. The minimum Gasteiger partial charge on any atom is -0.352 e. The molecule has 2 heterocycles. The van der Waals surface area contributed by atoms with Crippen molar-refractivity contribution in [3.63, 3.8) is 0 Å². The van der Waals surface area contributed by atoms with Crippen LogP contribution in [-0.4, -0.2) is 28.9 Å². The number of amides is 1. The summed E-state index contributed by atoms with van der Waals surface area (Å²) in [5, 5.41) is 0.977. The highest BCUT2D eigenvalue weighted by Gasteiger charge is 2.20. The van der Waals surface area contributed by atoms with Crippen molar-refractivity contribution in [2.24, 2.45) is 0 Å². The molecule has 0 unspecified atom stereocenters. The molecular formula is C14H13N3O. The van der Waals surface area contributed by atoms with Crippen LogP contribution in [0.3, 0.4) is 0 Å². The van der Waals surface area contributed by atoms with Gasteiger partial charge >= 0.3 is 0 Å². The number of nitrogens with one attached hydrogen (secondary N) is 1. The number of hydrogen-bond donors (Lipinski definition) is 1. The number of fused-ring (bicyclic) bond motifs is 1. The van der Waals surface area contributed by atoms with E-state index < -0.39 is 0 Å². The maximum atomic E-state index is 12.2. The van der Waals surface area contributed by atoms with Crippen LogP contribution in [0.2, 0.25) is 0 Å². The van der Waals surface area contributed by atoms with Gasteiger partial charge in [0.1, 0.15) is 5.69 Å². The number of likely N-dealkylation sites (tertiary alicyclic amines) is 1. The van der Waals surface area contributed by atoms with Crippen molar-refractivity contribution in [1.82, 2.24) is 9.88 Å². The molecule has 4 nitrogen and oxygen atoms in total. The molecule has 1 aromatic carbocycles. The van der Waals surface area contributed by atoms with E-state index in [2.05, 4.69) is 9.83 Å². The molecule has 0 atom stereocenters. The van der Waals surface area contributed by atoms with E-state index in [9.17, 15) is 4.79 Å². The summed E-state index contributed by atoms with van der Waals surface area (Å²) in [5.74, 6) is 0.0630. The zero-order valence-electron chi connectivity index (χ0n) is 9.94. The van der Waals surface area contributed by atoms with Gasteiger partial charge in [-0.15, -0.1) is 0 Å². The van der Waals surface area contributed by atoms with Crippen molar-refractivity contribution in [3.8, 4) is 0 Å². The molecule has 0 bridgehead atoms. The fraction of sp³-hybridized carbons (Fsp3) is 0.286. The number of aromatic amines is 1. The Bertz CT molecular complexity index is 645. The molecule has 1 amide bonds. The second-order valence-corrected chi connectivity index (χ2v) is 4.57. The predicted octanol–water partition coefficient (Wildman–Crippen LogP) is 2.95. The normalized spacial score (nSPS) is 14.9. The van der Waals surface area contributed by atoms with E-state index in [0.29, 0.717) is 11.4 Å². The van der Waals surface area contributed by atoms with Crippen molar-refractivity contribution >= 4 is 22.5 Å². The summed E-state index contributed by atoms with van der Waals surface area (Å²) in [4.78, 5) is 20.6. The molecule has 3 rings (SSSR count). The number of carbonyl (C=O) groups excluding carboxylic acids is 1. The SMILES string of the molecule is [C-]#[N+]c1ccc2cc(C(=O)N3CCCC3)[nH]c2c1. The molecule has 0 saturated carbocycles. The summed E-state index contributed by atoms with van der Waals surface area (Å²) in [5.41, 5.74) is 2.06. The van der Waals surface area contributed by atoms with Crippen molar-refractivity contribution in [3.05, 3.63) is 41.4 Å². The first kappa shape index (κ1) is 10.8. The van der Waals surface area contributed by atoms with Crippen LogP contribution in [0.15, 0.2) is 24.3 Å². The molecule has 2 aromatic rings. The van der Waals surface area contributed by atoms with E-state index in [-0.39, 0.29) is 5.91 Å². The molecule has 1 saturated heterocycles. The first-order valence-electron chi connectivity index (χ1n) is 6.07. The van der Waals surface area contributed by atoms with E-state index in [0.717, 1.165) is 36.8 Å². The van der Waals surface area contributed by atoms with E-state index in [1.165, 1.54) is 0 Å². The quantitative estimate of drug-likeness (QED) is 0.764. The fourth-order valence-electron chi connectivity index (χ4n) is 2.39. The van der Waals surface area contributed by atoms with E-state index in [1.807, 2.05) is 17.0 Å². The average Bonchev–Trinajstić information content (AvgIpc) is 3.05. The summed E-state index contributed by atoms with van der Waals surface area (Å²) >= 11 is 0. The highest BCUT2D eigenvalue weighted by atomic mass is 16.2. The predicted molar refractivity (Wildman–Crippen MR) is 69.7 cm³/mol. The Hall–Kier alpha value is -2.28. The minimum atomic E-state index is 0.0630. The molecule has 1 aromatic heterocycles. The highest BCUT2D eigenvalue weighted by Crippen LogP contribution is 2.23. The summed E-state index contributed by atoms with van der Waals surface area (Å²) in [6, 6.07) is 7.29. The number of aromatic nitrogens is 1. The topological polar surface area (TPSA) is 40.5 Å². The number of nitrogens with zero attached hydrogens (tertiary/aromatic N) is 2. The summed E-state index contributed by atoms with van der Waals surface area (Å²) in [6.07, 6.45) is 2.18. The van der Waals surface area contributed by atoms with Gasteiger partial charge in [0, 0.05) is 18.6 Å². The standard InChI is InChI=1S/C14H13N3O/c1-15-11-5-4-10-8-13(16-12(10)9-11)14(18)17-6-2-3-7-17/h4-5,8-9,16H,2-3,6-7H2. The number of carbonyl (C=O) groups is 1. The van der Waals surface area contributed by atoms with Gasteiger partial charge in [0.25, 0.3) is 5.91 Å². The lowest BCUT2D eigenvalue weighted by Gasteiger charge is -2.13. The van der Waals surface area contributed by atoms with Gasteiger partial charge in [-0.25, -0.2) is 4.85 Å². The van der Waals surface area contributed by atoms with E-state index >= 15 is 0 Å². The van der Waals surface area contributed by atoms with Gasteiger partial charge in [0.15, 0.2) is 5.69 Å². The molecule has 0 spiro atoms. The molecule has 90 valence electrons. The first-order chi connectivity index (χ1) is 8.78. The summed E-state index contributed by atoms with van der Waals surface area (Å²) < 4.78 is 0. The first-order valence-corrected chi connectivity index (χ1v) is 6.07. The zero-order chi connectivity index (χ0) is 12.5. The zero-order valence-corrected chi connectivity index (χ0v) is 9.94. The lowest BCUT2D eigenvalue weighted by Crippen LogP contribution is -2.27. The third kappa shape index (κ3) is 1.74. The Kier molecular flexibility index (Phi) is 2.52. The smallest absolute Gasteiger partial charge is 0.270 e. The van der Waals surface area contributed by atoms with Crippen LogP contribution in [-0.2, 0) is 0 Å². The Labute approximate surface area is 105 Å². The van der Waals surface area contributed by atoms with Gasteiger partial charge in [-0.2, -0.15) is 0 Å². The number of benzene rings is 1. The van der Waals surface area contributed by atoms with Crippen molar-refractivity contribution in [1.29, 1.82) is 0 Å². The Morgan fingerprint density at radius 2 is 2.06 bits per heavy atom. The van der Waals surface area contributed by atoms with Gasteiger partial charge in [-0.1, -0.05) is 12.1 Å². The van der Waals surface area contributed by atoms with Crippen molar-refractivity contribution in [2.45, 2.75) is 12.8 Å². The fourth-order valence-corrected chi connectivity index (χ4v) is 2.39. The molecule has 18 heavy (non-hydrogen) atoms. The van der Waals surface area contributed by atoms with Crippen molar-refractivity contribution < 1.29 is 4.79 Å². The highest BCUT2D eigenvalue weighted by molar-refractivity contribution is 5.98. The van der Waals surface area contributed by atoms with Crippen LogP contribution >= 0.6 is 0 Å². The van der Waals surface area contributed by atoms with Crippen LogP contribution in [0.5, 0.6) is 0 Å². The molecule has 1 fully saturated rings. The van der Waals surface area contributed by atoms with Gasteiger partial charge in [0.2, 0.25) is 0 Å². The third-order valence-corrected chi connectivity index (χ3v) is 3.36. The molecule has 1 aliphatic rings. The molecule has 0 radical (unpaired) electrons. The van der Waals surface area contributed by atoms with E-state index in [4.69, 9.17) is 6.57 Å². The second kappa shape index (κ2) is 4.19. The van der Waals surface area contributed by atoms with E-state index in [1.54, 1.807) is 12.1 Å². The summed E-state index contributed by atoms with van der Waals surface area (Å²) in [7, 11) is 0. The van der Waals surface area contributed by atoms with Gasteiger partial charge in [-0.3, -0.25) is 4.79 Å². The van der Waals surface area contributed by atoms with Gasteiger partial charge in [-0.05, 0) is 30.4 Å². The number of hydrogen-bond acceptors (Lipinski definition) is 1. The van der Waals surface area contributed by atoms with Crippen LogP contribution in [0, 0.1) is 6.57 Å². The van der Waals surface area contributed by atoms with Crippen LogP contribution in [0.4, 0.5) is 5.69 Å². The van der Waals surface area contributed by atoms with Crippen LogP contribution < -0.4 is 0 Å². The average molecular weight is 239 g/mol.